The molecule has 1 nitrogen and oxygen atoms in total. The fourth-order valence-corrected chi connectivity index (χ4v) is 0.778. The third-order valence-electron chi connectivity index (χ3n) is 0.903. The molecule has 0 saturated carbocycles. The molecule has 1 heteroatoms. The number of hydrogen-bond donors (Lipinski definition) is 0. The van der Waals surface area contributed by atoms with Crippen LogP contribution in [0.4, 0.5) is 0 Å². The Kier molecular flexibility index (Phi) is 3.85. The molecular formula is C9H16O. The molecule has 0 aromatic heterocycles. The largest absolute Gasteiger partial charge is 0.468 e. The average molecular weight is 140 g/mol. The van der Waals surface area contributed by atoms with Crippen molar-refractivity contribution in [1.29, 1.82) is 0 Å². The van der Waals surface area contributed by atoms with E-state index in [9.17, 15) is 0 Å². The summed E-state index contributed by atoms with van der Waals surface area (Å²) in [5.41, 5.74) is 0. The van der Waals surface area contributed by atoms with Crippen LogP contribution in [0.25, 0.3) is 0 Å². The second kappa shape index (κ2) is 4.15. The van der Waals surface area contributed by atoms with Gasteiger partial charge in [-0.25, -0.2) is 0 Å². The van der Waals surface area contributed by atoms with Crippen molar-refractivity contribution in [2.75, 3.05) is 0 Å². The van der Waals surface area contributed by atoms with E-state index in [1.54, 1.807) is 0 Å². The number of ether oxygens (including phenoxy) is 1. The van der Waals surface area contributed by atoms with Gasteiger partial charge in [-0.3, -0.25) is 0 Å². The van der Waals surface area contributed by atoms with Crippen molar-refractivity contribution in [1.82, 2.24) is 0 Å². The minimum Gasteiger partial charge on any atom is -0.468 e. The van der Waals surface area contributed by atoms with E-state index in [1.165, 1.54) is 0 Å². The highest BCUT2D eigenvalue weighted by atomic mass is 16.5. The van der Waals surface area contributed by atoms with E-state index in [1.807, 2.05) is 13.8 Å². The number of rotatable bonds is 3. The highest BCUT2D eigenvalue weighted by Gasteiger charge is 1.91. The Labute approximate surface area is 63.4 Å². The molecular weight excluding hydrogens is 124 g/mol. The van der Waals surface area contributed by atoms with E-state index < -0.39 is 0 Å². The van der Waals surface area contributed by atoms with Crippen molar-refractivity contribution < 1.29 is 4.74 Å². The van der Waals surface area contributed by atoms with Crippen LogP contribution >= 0.6 is 0 Å². The molecule has 0 aromatic carbocycles. The molecule has 0 unspecified atom stereocenters. The lowest BCUT2D eigenvalue weighted by Gasteiger charge is -2.04. The van der Waals surface area contributed by atoms with Gasteiger partial charge in [-0.15, -0.1) is 0 Å². The predicted octanol–water partition coefficient (Wildman–Crippen LogP) is 3.10. The van der Waals surface area contributed by atoms with Gasteiger partial charge < -0.3 is 4.74 Å². The van der Waals surface area contributed by atoms with Gasteiger partial charge in [0.2, 0.25) is 0 Å². The van der Waals surface area contributed by atoms with Gasteiger partial charge in [-0.1, -0.05) is 20.4 Å². The quantitative estimate of drug-likeness (QED) is 0.547. The zero-order valence-corrected chi connectivity index (χ0v) is 7.27. The zero-order chi connectivity index (χ0) is 8.15. The average Bonchev–Trinajstić information content (AvgIpc) is 1.58. The highest BCUT2D eigenvalue weighted by molar-refractivity contribution is 4.95. The molecule has 0 aliphatic carbocycles. The first-order chi connectivity index (χ1) is 4.52. The number of hydrogen-bond acceptors (Lipinski definition) is 1. The molecule has 0 aromatic rings. The summed E-state index contributed by atoms with van der Waals surface area (Å²) in [5, 5.41) is 0. The summed E-state index contributed by atoms with van der Waals surface area (Å²) in [6, 6.07) is 0. The molecule has 0 N–H and O–H groups in total. The van der Waals surface area contributed by atoms with E-state index in [-0.39, 0.29) is 0 Å². The van der Waals surface area contributed by atoms with Gasteiger partial charge >= 0.3 is 0 Å². The van der Waals surface area contributed by atoms with Crippen LogP contribution in [0.1, 0.15) is 27.7 Å². The molecule has 0 aliphatic rings. The standard InChI is InChI=1S/C9H16O/c1-7(2)6-9(5)10-8(3)4/h6-7H,3H2,1-2,4-5H3/b9-6-. The van der Waals surface area contributed by atoms with Gasteiger partial charge in [0.05, 0.1) is 11.5 Å². The molecule has 0 radical (unpaired) electrons. The summed E-state index contributed by atoms with van der Waals surface area (Å²) in [6.45, 7) is 11.7. The molecule has 0 aliphatic heterocycles. The SMILES string of the molecule is C=C(C)O/C(C)=C\C(C)C. The summed E-state index contributed by atoms with van der Waals surface area (Å²) >= 11 is 0. The normalized spacial score (nSPS) is 11.9. The smallest absolute Gasteiger partial charge is 0.0967 e. The van der Waals surface area contributed by atoms with Crippen LogP contribution in [-0.2, 0) is 4.74 Å². The van der Waals surface area contributed by atoms with Gasteiger partial charge in [-0.05, 0) is 25.8 Å². The molecule has 58 valence electrons. The van der Waals surface area contributed by atoms with Gasteiger partial charge in [-0.2, -0.15) is 0 Å². The maximum Gasteiger partial charge on any atom is 0.0967 e. The summed E-state index contributed by atoms with van der Waals surface area (Å²) in [4.78, 5) is 0. The maximum absolute atomic E-state index is 5.23. The molecule has 0 atom stereocenters. The first-order valence-electron chi connectivity index (χ1n) is 3.54. The molecule has 0 rings (SSSR count). The minimum absolute atomic E-state index is 0.541. The number of allylic oxidation sites excluding steroid dienone is 3. The second-order valence-electron chi connectivity index (χ2n) is 2.83. The Hall–Kier alpha value is -0.720. The van der Waals surface area contributed by atoms with Gasteiger partial charge in [0.15, 0.2) is 0 Å². The third-order valence-corrected chi connectivity index (χ3v) is 0.903. The molecule has 0 amide bonds. The monoisotopic (exact) mass is 140 g/mol. The Morgan fingerprint density at radius 2 is 1.90 bits per heavy atom. The van der Waals surface area contributed by atoms with Crippen LogP contribution in [0.2, 0.25) is 0 Å². The van der Waals surface area contributed by atoms with Crippen molar-refractivity contribution in [2.45, 2.75) is 27.7 Å². The fourth-order valence-electron chi connectivity index (χ4n) is 0.778. The maximum atomic E-state index is 5.23. The summed E-state index contributed by atoms with van der Waals surface area (Å²) < 4.78 is 5.23. The van der Waals surface area contributed by atoms with E-state index in [0.717, 1.165) is 11.5 Å². The predicted molar refractivity (Wildman–Crippen MR) is 44.5 cm³/mol. The van der Waals surface area contributed by atoms with Crippen LogP contribution < -0.4 is 0 Å². The van der Waals surface area contributed by atoms with Crippen molar-refractivity contribution in [2.24, 2.45) is 5.92 Å². The lowest BCUT2D eigenvalue weighted by Crippen LogP contribution is -1.87. The molecule has 0 bridgehead atoms. The summed E-state index contributed by atoms with van der Waals surface area (Å²) in [7, 11) is 0. The topological polar surface area (TPSA) is 9.23 Å². The molecule has 0 saturated heterocycles. The Morgan fingerprint density at radius 3 is 2.20 bits per heavy atom. The Morgan fingerprint density at radius 1 is 1.40 bits per heavy atom. The van der Waals surface area contributed by atoms with Crippen LogP contribution in [0.15, 0.2) is 24.2 Å². The van der Waals surface area contributed by atoms with E-state index in [4.69, 9.17) is 4.74 Å². The highest BCUT2D eigenvalue weighted by Crippen LogP contribution is 2.06. The molecule has 0 heterocycles. The summed E-state index contributed by atoms with van der Waals surface area (Å²) in [5.74, 6) is 2.22. The van der Waals surface area contributed by atoms with Crippen molar-refractivity contribution in [3.8, 4) is 0 Å². The van der Waals surface area contributed by atoms with Crippen LogP contribution in [0, 0.1) is 5.92 Å². The zero-order valence-electron chi connectivity index (χ0n) is 7.27. The first-order valence-corrected chi connectivity index (χ1v) is 3.54. The first kappa shape index (κ1) is 9.28. The van der Waals surface area contributed by atoms with Crippen molar-refractivity contribution in [3.05, 3.63) is 24.2 Å². The van der Waals surface area contributed by atoms with E-state index in [0.29, 0.717) is 5.92 Å². The Balaban J connectivity index is 3.82. The molecule has 0 fully saturated rings. The van der Waals surface area contributed by atoms with Crippen LogP contribution in [0.3, 0.4) is 0 Å². The lowest BCUT2D eigenvalue weighted by atomic mass is 10.2. The van der Waals surface area contributed by atoms with E-state index >= 15 is 0 Å². The van der Waals surface area contributed by atoms with Gasteiger partial charge in [0, 0.05) is 0 Å². The fraction of sp³-hybridized carbons (Fsp3) is 0.556. The van der Waals surface area contributed by atoms with Gasteiger partial charge in [0.1, 0.15) is 0 Å². The minimum atomic E-state index is 0.541. The summed E-state index contributed by atoms with van der Waals surface area (Å²) in [6.07, 6.45) is 2.06. The lowest BCUT2D eigenvalue weighted by molar-refractivity contribution is 0.307. The molecule has 10 heavy (non-hydrogen) atoms. The van der Waals surface area contributed by atoms with Crippen LogP contribution in [-0.4, -0.2) is 0 Å². The van der Waals surface area contributed by atoms with E-state index in [2.05, 4.69) is 26.5 Å². The van der Waals surface area contributed by atoms with Crippen molar-refractivity contribution >= 4 is 0 Å². The second-order valence-corrected chi connectivity index (χ2v) is 2.83. The van der Waals surface area contributed by atoms with Crippen molar-refractivity contribution in [3.63, 3.8) is 0 Å². The third kappa shape index (κ3) is 5.42. The Bertz CT molecular complexity index is 143. The molecule has 0 spiro atoms. The van der Waals surface area contributed by atoms with Crippen LogP contribution in [0.5, 0.6) is 0 Å². The van der Waals surface area contributed by atoms with Gasteiger partial charge in [0.25, 0.3) is 0 Å².